The zero-order chi connectivity index (χ0) is 20.5. The molecule has 2 aromatic carbocycles. The maximum absolute atomic E-state index is 10.9. The number of halogens is 1. The lowest BCUT2D eigenvalue weighted by Gasteiger charge is -2.22. The maximum Gasteiger partial charge on any atom is 0.236 e. The lowest BCUT2D eigenvalue weighted by Crippen LogP contribution is -2.13. The number of amides is 1. The number of carbonyl (C=O) groups excluding carboxylic acids is 1. The van der Waals surface area contributed by atoms with Crippen LogP contribution in [0.4, 0.5) is 0 Å². The average Bonchev–Trinajstić information content (AvgIpc) is 2.73. The predicted molar refractivity (Wildman–Crippen MR) is 116 cm³/mol. The first kappa shape index (κ1) is 21.2. The highest BCUT2D eigenvalue weighted by Gasteiger charge is 2.15. The molecular weight excluding hydrogens is 388 g/mol. The molecule has 1 aliphatic rings. The van der Waals surface area contributed by atoms with Gasteiger partial charge in [0.05, 0.1) is 6.21 Å². The third-order valence-electron chi connectivity index (χ3n) is 4.96. The average molecular weight is 415 g/mol. The van der Waals surface area contributed by atoms with Gasteiger partial charge in [0.25, 0.3) is 0 Å². The zero-order valence-corrected chi connectivity index (χ0v) is 17.5. The van der Waals surface area contributed by atoms with E-state index in [-0.39, 0.29) is 5.91 Å². The second-order valence-electron chi connectivity index (χ2n) is 7.21. The van der Waals surface area contributed by atoms with E-state index in [0.29, 0.717) is 35.5 Å². The Balaban J connectivity index is 1.49. The first-order chi connectivity index (χ1) is 14.1. The van der Waals surface area contributed by atoms with Crippen LogP contribution in [-0.2, 0) is 4.79 Å². The van der Waals surface area contributed by atoms with Gasteiger partial charge in [-0.3, -0.25) is 4.79 Å². The van der Waals surface area contributed by atoms with Gasteiger partial charge in [0.15, 0.2) is 0 Å². The summed E-state index contributed by atoms with van der Waals surface area (Å²) in [5.74, 6) is 1.92. The summed E-state index contributed by atoms with van der Waals surface area (Å²) < 4.78 is 11.6. The monoisotopic (exact) mass is 414 g/mol. The standard InChI is InChI=1S/C23H27ClN2O3/c1-17(27)26-25-16-20-15-21(24)9-12-23(20)29-14-13-28-22-10-7-19(8-11-22)18-5-3-2-4-6-18/h7-12,15-16,18H,2-6,13-14H2,1H3,(H,26,27). The number of nitrogens with zero attached hydrogens (tertiary/aromatic N) is 1. The number of nitrogens with one attached hydrogen (secondary N) is 1. The number of benzene rings is 2. The third kappa shape index (κ3) is 6.79. The van der Waals surface area contributed by atoms with Gasteiger partial charge in [-0.25, -0.2) is 5.43 Å². The Kier molecular flexibility index (Phi) is 7.94. The molecule has 0 atom stereocenters. The molecule has 0 radical (unpaired) electrons. The molecule has 29 heavy (non-hydrogen) atoms. The van der Waals surface area contributed by atoms with Crippen LogP contribution in [-0.4, -0.2) is 25.3 Å². The van der Waals surface area contributed by atoms with Gasteiger partial charge in [-0.2, -0.15) is 5.10 Å². The minimum absolute atomic E-state index is 0.242. The Morgan fingerprint density at radius 1 is 1.10 bits per heavy atom. The van der Waals surface area contributed by atoms with Gasteiger partial charge in [-0.05, 0) is 54.7 Å². The fourth-order valence-electron chi connectivity index (χ4n) is 3.53. The lowest BCUT2D eigenvalue weighted by atomic mass is 9.84. The van der Waals surface area contributed by atoms with Gasteiger partial charge >= 0.3 is 0 Å². The summed E-state index contributed by atoms with van der Waals surface area (Å²) in [5, 5.41) is 4.44. The van der Waals surface area contributed by atoms with Crippen LogP contribution in [0.5, 0.6) is 11.5 Å². The number of hydrogen-bond acceptors (Lipinski definition) is 4. The summed E-state index contributed by atoms with van der Waals surface area (Å²) in [6.45, 7) is 2.20. The second kappa shape index (κ2) is 10.9. The quantitative estimate of drug-likeness (QED) is 0.361. The van der Waals surface area contributed by atoms with Crippen molar-refractivity contribution in [1.82, 2.24) is 5.43 Å². The highest BCUT2D eigenvalue weighted by Crippen LogP contribution is 2.33. The van der Waals surface area contributed by atoms with Crippen LogP contribution >= 0.6 is 11.6 Å². The molecule has 0 bridgehead atoms. The predicted octanol–water partition coefficient (Wildman–Crippen LogP) is 5.32. The van der Waals surface area contributed by atoms with E-state index in [1.807, 2.05) is 12.1 Å². The molecule has 6 heteroatoms. The first-order valence-electron chi connectivity index (χ1n) is 10.1. The van der Waals surface area contributed by atoms with Crippen LogP contribution in [0.3, 0.4) is 0 Å². The van der Waals surface area contributed by atoms with E-state index < -0.39 is 0 Å². The molecule has 0 aliphatic heterocycles. The van der Waals surface area contributed by atoms with Crippen molar-refractivity contribution in [3.63, 3.8) is 0 Å². The number of carbonyl (C=O) groups is 1. The zero-order valence-electron chi connectivity index (χ0n) is 16.7. The van der Waals surface area contributed by atoms with Gasteiger partial charge in [0.1, 0.15) is 24.7 Å². The van der Waals surface area contributed by atoms with E-state index in [9.17, 15) is 4.79 Å². The van der Waals surface area contributed by atoms with Crippen molar-refractivity contribution in [3.05, 3.63) is 58.6 Å². The molecule has 0 saturated heterocycles. The lowest BCUT2D eigenvalue weighted by molar-refractivity contribution is -0.118. The number of hydrazone groups is 1. The van der Waals surface area contributed by atoms with E-state index >= 15 is 0 Å². The summed E-state index contributed by atoms with van der Waals surface area (Å²) in [6, 6.07) is 13.7. The molecular formula is C23H27ClN2O3. The number of rotatable bonds is 8. The van der Waals surface area contributed by atoms with Gasteiger partial charge < -0.3 is 9.47 Å². The molecule has 154 valence electrons. The highest BCUT2D eigenvalue weighted by atomic mass is 35.5. The fourth-order valence-corrected chi connectivity index (χ4v) is 3.71. The van der Waals surface area contributed by atoms with Gasteiger partial charge in [0, 0.05) is 17.5 Å². The van der Waals surface area contributed by atoms with Crippen molar-refractivity contribution < 1.29 is 14.3 Å². The molecule has 1 aliphatic carbocycles. The summed E-state index contributed by atoms with van der Waals surface area (Å²) in [4.78, 5) is 10.9. The van der Waals surface area contributed by atoms with E-state index in [1.165, 1.54) is 50.8 Å². The Bertz CT molecular complexity index is 831. The molecule has 1 fully saturated rings. The van der Waals surface area contributed by atoms with Gasteiger partial charge in [-0.1, -0.05) is 43.0 Å². The van der Waals surface area contributed by atoms with E-state index in [2.05, 4.69) is 22.7 Å². The Labute approximate surface area is 177 Å². The van der Waals surface area contributed by atoms with Crippen LogP contribution in [0.15, 0.2) is 47.6 Å². The van der Waals surface area contributed by atoms with Crippen LogP contribution in [0.25, 0.3) is 0 Å². The van der Waals surface area contributed by atoms with Crippen molar-refractivity contribution >= 4 is 23.7 Å². The Morgan fingerprint density at radius 2 is 1.83 bits per heavy atom. The molecule has 1 N–H and O–H groups in total. The van der Waals surface area contributed by atoms with Gasteiger partial charge in [-0.15, -0.1) is 0 Å². The molecule has 0 heterocycles. The van der Waals surface area contributed by atoms with Crippen molar-refractivity contribution in [3.8, 4) is 11.5 Å². The highest BCUT2D eigenvalue weighted by molar-refractivity contribution is 6.30. The van der Waals surface area contributed by atoms with E-state index in [1.54, 1.807) is 18.2 Å². The molecule has 1 amide bonds. The van der Waals surface area contributed by atoms with Gasteiger partial charge in [0.2, 0.25) is 5.91 Å². The molecule has 0 aromatic heterocycles. The van der Waals surface area contributed by atoms with Crippen molar-refractivity contribution in [2.75, 3.05) is 13.2 Å². The summed E-state index contributed by atoms with van der Waals surface area (Å²) in [7, 11) is 0. The van der Waals surface area contributed by atoms with Crippen molar-refractivity contribution in [2.45, 2.75) is 44.9 Å². The SMILES string of the molecule is CC(=O)NN=Cc1cc(Cl)ccc1OCCOc1ccc(C2CCCCC2)cc1. The molecule has 0 spiro atoms. The maximum atomic E-state index is 10.9. The van der Waals surface area contributed by atoms with Crippen LogP contribution in [0, 0.1) is 0 Å². The fraction of sp³-hybridized carbons (Fsp3) is 0.391. The smallest absolute Gasteiger partial charge is 0.236 e. The number of ether oxygens (including phenoxy) is 2. The summed E-state index contributed by atoms with van der Waals surface area (Å²) >= 11 is 6.04. The Hall–Kier alpha value is -2.53. The van der Waals surface area contributed by atoms with Crippen LogP contribution in [0.1, 0.15) is 56.1 Å². The topological polar surface area (TPSA) is 59.9 Å². The summed E-state index contributed by atoms with van der Waals surface area (Å²) in [6.07, 6.45) is 8.13. The number of hydrogen-bond donors (Lipinski definition) is 1. The van der Waals surface area contributed by atoms with Crippen molar-refractivity contribution in [1.29, 1.82) is 0 Å². The van der Waals surface area contributed by atoms with E-state index in [0.717, 1.165) is 5.75 Å². The minimum atomic E-state index is -0.242. The second-order valence-corrected chi connectivity index (χ2v) is 7.65. The molecule has 0 unspecified atom stereocenters. The van der Waals surface area contributed by atoms with Crippen LogP contribution < -0.4 is 14.9 Å². The first-order valence-corrected chi connectivity index (χ1v) is 10.4. The molecule has 5 nitrogen and oxygen atoms in total. The van der Waals surface area contributed by atoms with E-state index in [4.69, 9.17) is 21.1 Å². The van der Waals surface area contributed by atoms with Crippen molar-refractivity contribution in [2.24, 2.45) is 5.10 Å². The Morgan fingerprint density at radius 3 is 2.55 bits per heavy atom. The minimum Gasteiger partial charge on any atom is -0.490 e. The third-order valence-corrected chi connectivity index (χ3v) is 5.20. The molecule has 3 rings (SSSR count). The molecule has 2 aromatic rings. The molecule has 1 saturated carbocycles. The summed E-state index contributed by atoms with van der Waals surface area (Å²) in [5.41, 5.74) is 4.46. The normalized spacial score (nSPS) is 14.7. The van der Waals surface area contributed by atoms with Crippen LogP contribution in [0.2, 0.25) is 5.02 Å². The largest absolute Gasteiger partial charge is 0.490 e.